The number of thiocarbonyl (C=S) groups is 1. The molecule has 5 nitrogen and oxygen atoms in total. The number of allylic oxidation sites excluding steroid dienone is 1. The van der Waals surface area contributed by atoms with Gasteiger partial charge in [-0.3, -0.25) is 4.79 Å². The van der Waals surface area contributed by atoms with Gasteiger partial charge in [0.2, 0.25) is 0 Å². The molecule has 1 aliphatic carbocycles. The Morgan fingerprint density at radius 1 is 0.974 bits per heavy atom. The van der Waals surface area contributed by atoms with Gasteiger partial charge in [0, 0.05) is 42.2 Å². The third-order valence-corrected chi connectivity index (χ3v) is 7.78. The van der Waals surface area contributed by atoms with E-state index in [4.69, 9.17) is 12.2 Å². The molecular weight excluding hydrogens is 488 g/mol. The molecule has 1 heterocycles. The fourth-order valence-electron chi connectivity index (χ4n) is 5.69. The Morgan fingerprint density at radius 2 is 1.63 bits per heavy atom. The Morgan fingerprint density at radius 3 is 2.32 bits per heavy atom. The van der Waals surface area contributed by atoms with Crippen LogP contribution in [0.25, 0.3) is 0 Å². The van der Waals surface area contributed by atoms with Gasteiger partial charge >= 0.3 is 0 Å². The summed E-state index contributed by atoms with van der Waals surface area (Å²) >= 11 is 6.10. The van der Waals surface area contributed by atoms with E-state index in [1.165, 1.54) is 5.69 Å². The van der Waals surface area contributed by atoms with Crippen LogP contribution in [0.2, 0.25) is 0 Å². The maximum absolute atomic E-state index is 13.9. The number of ketones is 1. The number of carbonyl (C=O) groups is 1. The number of anilines is 4. The van der Waals surface area contributed by atoms with Crippen LogP contribution in [0.15, 0.2) is 90.1 Å². The highest BCUT2D eigenvalue weighted by molar-refractivity contribution is 7.80. The standard InChI is InChI=1S/C32H36N4OS/c1-5-35(6-2)24-18-16-22(17-19-24)30-29-26(20-32(3,4)21-28(29)37)34-25-14-10-11-15-27(25)36(30)31(38)33-23-12-8-7-9-13-23/h7-19,30,34H,5-6,20-21H2,1-4H3,(H,33,38). The smallest absolute Gasteiger partial charge is 0.178 e. The first-order valence-corrected chi connectivity index (χ1v) is 13.8. The molecule has 1 aliphatic heterocycles. The molecule has 1 atom stereocenters. The molecule has 2 N–H and O–H groups in total. The zero-order valence-electron chi connectivity index (χ0n) is 22.6. The van der Waals surface area contributed by atoms with E-state index in [-0.39, 0.29) is 17.2 Å². The first-order chi connectivity index (χ1) is 18.3. The Labute approximate surface area is 231 Å². The molecule has 0 saturated heterocycles. The molecule has 0 radical (unpaired) electrons. The van der Waals surface area contributed by atoms with Crippen LogP contribution in [0.1, 0.15) is 52.1 Å². The second-order valence-corrected chi connectivity index (χ2v) is 11.2. The number of Topliss-reactive ketones (excluding diaryl/α,β-unsaturated/α-hetero) is 1. The third-order valence-electron chi connectivity index (χ3n) is 7.48. The molecule has 6 heteroatoms. The molecule has 3 aromatic carbocycles. The maximum Gasteiger partial charge on any atom is 0.178 e. The number of fused-ring (bicyclic) bond motifs is 1. The summed E-state index contributed by atoms with van der Waals surface area (Å²) < 4.78 is 0. The molecule has 0 spiro atoms. The van der Waals surface area contributed by atoms with Crippen molar-refractivity contribution in [1.29, 1.82) is 0 Å². The second-order valence-electron chi connectivity index (χ2n) is 10.8. The van der Waals surface area contributed by atoms with Gasteiger partial charge < -0.3 is 20.4 Å². The summed E-state index contributed by atoms with van der Waals surface area (Å²) in [4.78, 5) is 18.4. The van der Waals surface area contributed by atoms with Crippen LogP contribution in [-0.4, -0.2) is 24.0 Å². The van der Waals surface area contributed by atoms with Crippen LogP contribution < -0.4 is 20.4 Å². The van der Waals surface area contributed by atoms with E-state index in [0.717, 1.165) is 53.4 Å². The van der Waals surface area contributed by atoms with E-state index < -0.39 is 0 Å². The minimum atomic E-state index is -0.362. The van der Waals surface area contributed by atoms with Gasteiger partial charge in [-0.25, -0.2) is 0 Å². The topological polar surface area (TPSA) is 47.6 Å². The van der Waals surface area contributed by atoms with E-state index in [1.807, 2.05) is 42.5 Å². The molecular formula is C32H36N4OS. The van der Waals surface area contributed by atoms with Crippen molar-refractivity contribution in [3.8, 4) is 0 Å². The summed E-state index contributed by atoms with van der Waals surface area (Å²) in [7, 11) is 0. The van der Waals surface area contributed by atoms with Crippen molar-refractivity contribution in [2.75, 3.05) is 33.5 Å². The lowest BCUT2D eigenvalue weighted by Crippen LogP contribution is -2.41. The Balaban J connectivity index is 1.69. The number of nitrogens with one attached hydrogen (secondary N) is 2. The number of nitrogens with zero attached hydrogens (tertiary/aromatic N) is 2. The van der Waals surface area contributed by atoms with Crippen LogP contribution in [0.5, 0.6) is 0 Å². The number of rotatable bonds is 5. The highest BCUT2D eigenvalue weighted by Crippen LogP contribution is 2.48. The van der Waals surface area contributed by atoms with Gasteiger partial charge in [0.25, 0.3) is 0 Å². The molecule has 0 saturated carbocycles. The molecule has 3 aromatic rings. The number of carbonyl (C=O) groups excluding carboxylic acids is 1. The van der Waals surface area contributed by atoms with E-state index in [9.17, 15) is 4.79 Å². The number of hydrogen-bond donors (Lipinski definition) is 2. The van der Waals surface area contributed by atoms with Gasteiger partial charge in [0.1, 0.15) is 0 Å². The van der Waals surface area contributed by atoms with Crippen molar-refractivity contribution in [1.82, 2.24) is 0 Å². The molecule has 1 unspecified atom stereocenters. The molecule has 0 bridgehead atoms. The van der Waals surface area contributed by atoms with Crippen LogP contribution in [0.3, 0.4) is 0 Å². The summed E-state index contributed by atoms with van der Waals surface area (Å²) in [5.41, 5.74) is 6.68. The maximum atomic E-state index is 13.9. The Kier molecular flexibility index (Phi) is 7.26. The van der Waals surface area contributed by atoms with Gasteiger partial charge in [-0.1, -0.05) is 56.3 Å². The molecule has 0 fully saturated rings. The van der Waals surface area contributed by atoms with Crippen molar-refractivity contribution >= 4 is 45.9 Å². The van der Waals surface area contributed by atoms with Crippen LogP contribution in [0, 0.1) is 5.41 Å². The second kappa shape index (κ2) is 10.6. The summed E-state index contributed by atoms with van der Waals surface area (Å²) in [6.07, 6.45) is 1.30. The predicted octanol–water partition coefficient (Wildman–Crippen LogP) is 7.55. The van der Waals surface area contributed by atoms with Crippen LogP contribution >= 0.6 is 12.2 Å². The molecule has 0 amide bonds. The largest absolute Gasteiger partial charge is 0.372 e. The summed E-state index contributed by atoms with van der Waals surface area (Å²) in [5, 5.41) is 7.66. The minimum absolute atomic E-state index is 0.118. The van der Waals surface area contributed by atoms with Crippen molar-refractivity contribution < 1.29 is 4.79 Å². The molecule has 0 aromatic heterocycles. The average molecular weight is 525 g/mol. The number of hydrogen-bond acceptors (Lipinski definition) is 4. The third kappa shape index (κ3) is 5.05. The van der Waals surface area contributed by atoms with Gasteiger partial charge in [-0.2, -0.15) is 0 Å². The quantitative estimate of drug-likeness (QED) is 0.336. The van der Waals surface area contributed by atoms with Crippen LogP contribution in [-0.2, 0) is 4.79 Å². The van der Waals surface area contributed by atoms with Gasteiger partial charge in [-0.05, 0) is 79.9 Å². The molecule has 196 valence electrons. The van der Waals surface area contributed by atoms with Gasteiger partial charge in [0.15, 0.2) is 10.9 Å². The van der Waals surface area contributed by atoms with Crippen molar-refractivity contribution in [3.05, 3.63) is 95.7 Å². The zero-order chi connectivity index (χ0) is 26.9. The van der Waals surface area contributed by atoms with Crippen molar-refractivity contribution in [3.63, 3.8) is 0 Å². The van der Waals surface area contributed by atoms with E-state index in [0.29, 0.717) is 11.5 Å². The highest BCUT2D eigenvalue weighted by atomic mass is 32.1. The normalized spacial score (nSPS) is 18.2. The summed E-state index contributed by atoms with van der Waals surface area (Å²) in [5.74, 6) is 0.168. The Hall–Kier alpha value is -3.64. The summed E-state index contributed by atoms with van der Waals surface area (Å²) in [6, 6.07) is 26.4. The first kappa shape index (κ1) is 26.0. The minimum Gasteiger partial charge on any atom is -0.372 e. The first-order valence-electron chi connectivity index (χ1n) is 13.4. The number of para-hydroxylation sites is 3. The van der Waals surface area contributed by atoms with Crippen molar-refractivity contribution in [2.45, 2.75) is 46.6 Å². The lowest BCUT2D eigenvalue weighted by molar-refractivity contribution is -0.118. The van der Waals surface area contributed by atoms with E-state index >= 15 is 0 Å². The Bertz CT molecular complexity index is 1360. The zero-order valence-corrected chi connectivity index (χ0v) is 23.4. The molecule has 5 rings (SSSR count). The van der Waals surface area contributed by atoms with E-state index in [1.54, 1.807) is 0 Å². The lowest BCUT2D eigenvalue weighted by Gasteiger charge is -2.38. The number of benzene rings is 3. The molecule has 38 heavy (non-hydrogen) atoms. The predicted molar refractivity (Wildman–Crippen MR) is 163 cm³/mol. The van der Waals surface area contributed by atoms with Crippen molar-refractivity contribution in [2.24, 2.45) is 5.41 Å². The molecule has 2 aliphatic rings. The van der Waals surface area contributed by atoms with Crippen LogP contribution in [0.4, 0.5) is 22.7 Å². The van der Waals surface area contributed by atoms with E-state index in [2.05, 4.69) is 84.5 Å². The average Bonchev–Trinajstić information content (AvgIpc) is 3.04. The fraction of sp³-hybridized carbons (Fsp3) is 0.312. The van der Waals surface area contributed by atoms with Gasteiger partial charge in [0.05, 0.1) is 17.4 Å². The summed E-state index contributed by atoms with van der Waals surface area (Å²) in [6.45, 7) is 10.6. The SMILES string of the molecule is CCN(CC)c1ccc(C2C3=C(CC(C)(C)CC3=O)Nc3ccccc3N2C(=S)Nc2ccccc2)cc1. The lowest BCUT2D eigenvalue weighted by atomic mass is 9.73. The highest BCUT2D eigenvalue weighted by Gasteiger charge is 2.42. The fourth-order valence-corrected chi connectivity index (χ4v) is 6.01. The van der Waals surface area contributed by atoms with Gasteiger partial charge in [-0.15, -0.1) is 0 Å². The monoisotopic (exact) mass is 524 g/mol.